The molecule has 2 rings (SSSR count). The van der Waals surface area contributed by atoms with E-state index >= 15 is 0 Å². The zero-order valence-electron chi connectivity index (χ0n) is 10.8. The lowest BCUT2D eigenvalue weighted by atomic mass is 9.63. The van der Waals surface area contributed by atoms with Gasteiger partial charge in [0.1, 0.15) is 5.78 Å². The van der Waals surface area contributed by atoms with Crippen molar-refractivity contribution >= 4 is 5.78 Å². The zero-order valence-corrected chi connectivity index (χ0v) is 10.8. The van der Waals surface area contributed by atoms with Crippen LogP contribution in [0.15, 0.2) is 0 Å². The maximum Gasteiger partial charge on any atom is 0.144 e. The molecule has 1 spiro atoms. The van der Waals surface area contributed by atoms with Gasteiger partial charge in [-0.15, -0.1) is 0 Å². The van der Waals surface area contributed by atoms with Crippen molar-refractivity contribution in [2.75, 3.05) is 6.61 Å². The quantitative estimate of drug-likeness (QED) is 0.735. The van der Waals surface area contributed by atoms with E-state index in [1.165, 1.54) is 12.8 Å². The fourth-order valence-corrected chi connectivity index (χ4v) is 2.95. The molecule has 0 aromatic heterocycles. The van der Waals surface area contributed by atoms with Crippen LogP contribution in [-0.2, 0) is 9.53 Å². The molecule has 0 N–H and O–H groups in total. The average molecular weight is 224 g/mol. The number of Topliss-reactive ketones (excluding diaryl/α,β-unsaturated/α-hetero) is 1. The Labute approximate surface area is 98.7 Å². The number of rotatable bonds is 3. The van der Waals surface area contributed by atoms with E-state index in [1.54, 1.807) is 0 Å². The van der Waals surface area contributed by atoms with Gasteiger partial charge in [-0.1, -0.05) is 33.6 Å². The number of hydrogen-bond donors (Lipinski definition) is 0. The van der Waals surface area contributed by atoms with Gasteiger partial charge in [-0.3, -0.25) is 4.79 Å². The lowest BCUT2D eigenvalue weighted by Crippen LogP contribution is -2.53. The first-order valence-electron chi connectivity index (χ1n) is 6.59. The standard InChI is InChI=1S/C14H24O2/c1-13(2,3)8-9-16-12-10-11(15)14(12)6-4-5-7-14/h12H,4-10H2,1-3H3. The molecule has 2 aliphatic rings. The first kappa shape index (κ1) is 12.1. The fourth-order valence-electron chi connectivity index (χ4n) is 2.95. The predicted octanol–water partition coefficient (Wildman–Crippen LogP) is 3.34. The molecule has 0 bridgehead atoms. The first-order valence-corrected chi connectivity index (χ1v) is 6.59. The molecule has 0 amide bonds. The minimum Gasteiger partial charge on any atom is -0.377 e. The molecule has 0 aromatic carbocycles. The molecule has 2 nitrogen and oxygen atoms in total. The van der Waals surface area contributed by atoms with Crippen LogP contribution in [0.2, 0.25) is 0 Å². The third-order valence-electron chi connectivity index (χ3n) is 4.21. The maximum absolute atomic E-state index is 11.7. The molecule has 16 heavy (non-hydrogen) atoms. The molecule has 0 heterocycles. The van der Waals surface area contributed by atoms with E-state index in [9.17, 15) is 4.79 Å². The van der Waals surface area contributed by atoms with Gasteiger partial charge in [0, 0.05) is 13.0 Å². The summed E-state index contributed by atoms with van der Waals surface area (Å²) in [5.74, 6) is 0.464. The SMILES string of the molecule is CC(C)(C)CCOC1CC(=O)C12CCCC2. The monoisotopic (exact) mass is 224 g/mol. The molecule has 0 saturated heterocycles. The summed E-state index contributed by atoms with van der Waals surface area (Å²) < 4.78 is 5.94. The van der Waals surface area contributed by atoms with Gasteiger partial charge in [-0.25, -0.2) is 0 Å². The van der Waals surface area contributed by atoms with Crippen molar-refractivity contribution in [3.63, 3.8) is 0 Å². The van der Waals surface area contributed by atoms with E-state index in [4.69, 9.17) is 4.74 Å². The van der Waals surface area contributed by atoms with Crippen LogP contribution < -0.4 is 0 Å². The summed E-state index contributed by atoms with van der Waals surface area (Å²) in [6, 6.07) is 0. The van der Waals surface area contributed by atoms with Crippen molar-refractivity contribution < 1.29 is 9.53 Å². The third-order valence-corrected chi connectivity index (χ3v) is 4.21. The summed E-state index contributed by atoms with van der Waals surface area (Å²) in [7, 11) is 0. The summed E-state index contributed by atoms with van der Waals surface area (Å²) in [6.07, 6.45) is 6.57. The Kier molecular flexibility index (Phi) is 3.13. The second kappa shape index (κ2) is 4.14. The topological polar surface area (TPSA) is 26.3 Å². The Morgan fingerprint density at radius 1 is 1.31 bits per heavy atom. The highest BCUT2D eigenvalue weighted by Crippen LogP contribution is 2.52. The predicted molar refractivity (Wildman–Crippen MR) is 64.3 cm³/mol. The highest BCUT2D eigenvalue weighted by molar-refractivity contribution is 5.92. The first-order chi connectivity index (χ1) is 7.44. The van der Waals surface area contributed by atoms with Gasteiger partial charge in [0.05, 0.1) is 11.5 Å². The minimum atomic E-state index is -0.0438. The number of ketones is 1. The molecular formula is C14H24O2. The van der Waals surface area contributed by atoms with Crippen LogP contribution in [0.1, 0.15) is 59.3 Å². The van der Waals surface area contributed by atoms with Gasteiger partial charge < -0.3 is 4.74 Å². The summed E-state index contributed by atoms with van der Waals surface area (Å²) in [4.78, 5) is 11.7. The summed E-state index contributed by atoms with van der Waals surface area (Å²) >= 11 is 0. The minimum absolute atomic E-state index is 0.0438. The van der Waals surface area contributed by atoms with Gasteiger partial charge in [-0.05, 0) is 24.7 Å². The van der Waals surface area contributed by atoms with Crippen LogP contribution >= 0.6 is 0 Å². The number of carbonyl (C=O) groups excluding carboxylic acids is 1. The molecule has 1 unspecified atom stereocenters. The van der Waals surface area contributed by atoms with Crippen LogP contribution in [0.5, 0.6) is 0 Å². The van der Waals surface area contributed by atoms with Crippen LogP contribution in [-0.4, -0.2) is 18.5 Å². The van der Waals surface area contributed by atoms with Crippen molar-refractivity contribution in [1.82, 2.24) is 0 Å². The molecular weight excluding hydrogens is 200 g/mol. The van der Waals surface area contributed by atoms with E-state index in [2.05, 4.69) is 20.8 Å². The Hall–Kier alpha value is -0.370. The second-order valence-corrected chi connectivity index (χ2v) is 6.66. The highest BCUT2D eigenvalue weighted by atomic mass is 16.5. The van der Waals surface area contributed by atoms with Gasteiger partial charge in [0.2, 0.25) is 0 Å². The Morgan fingerprint density at radius 3 is 2.44 bits per heavy atom. The molecule has 2 aliphatic carbocycles. The molecule has 1 atom stereocenters. The fraction of sp³-hybridized carbons (Fsp3) is 0.929. The molecule has 0 radical (unpaired) electrons. The largest absolute Gasteiger partial charge is 0.377 e. The third kappa shape index (κ3) is 2.17. The van der Waals surface area contributed by atoms with Crippen molar-refractivity contribution in [1.29, 1.82) is 0 Å². The number of hydrogen-bond acceptors (Lipinski definition) is 2. The van der Waals surface area contributed by atoms with E-state index < -0.39 is 0 Å². The lowest BCUT2D eigenvalue weighted by molar-refractivity contribution is -0.163. The van der Waals surface area contributed by atoms with Crippen LogP contribution in [0, 0.1) is 10.8 Å². The van der Waals surface area contributed by atoms with Crippen LogP contribution in [0.3, 0.4) is 0 Å². The lowest BCUT2D eigenvalue weighted by Gasteiger charge is -2.45. The zero-order chi connectivity index (χ0) is 11.8. The summed E-state index contributed by atoms with van der Waals surface area (Å²) in [5, 5.41) is 0. The molecule has 92 valence electrons. The maximum atomic E-state index is 11.7. The van der Waals surface area contributed by atoms with Crippen molar-refractivity contribution in [2.45, 2.75) is 65.4 Å². The number of carbonyl (C=O) groups is 1. The van der Waals surface area contributed by atoms with Gasteiger partial charge in [0.15, 0.2) is 0 Å². The Balaban J connectivity index is 1.81. The normalized spacial score (nSPS) is 28.4. The average Bonchev–Trinajstić information content (AvgIpc) is 2.66. The van der Waals surface area contributed by atoms with Gasteiger partial charge >= 0.3 is 0 Å². The van der Waals surface area contributed by atoms with Gasteiger partial charge in [0.25, 0.3) is 0 Å². The highest BCUT2D eigenvalue weighted by Gasteiger charge is 2.56. The van der Waals surface area contributed by atoms with E-state index in [-0.39, 0.29) is 11.5 Å². The Bertz CT molecular complexity index is 269. The summed E-state index contributed by atoms with van der Waals surface area (Å²) in [5.41, 5.74) is 0.286. The molecule has 2 fully saturated rings. The van der Waals surface area contributed by atoms with E-state index in [0.29, 0.717) is 17.6 Å². The number of ether oxygens (including phenoxy) is 1. The van der Waals surface area contributed by atoms with Gasteiger partial charge in [-0.2, -0.15) is 0 Å². The van der Waals surface area contributed by atoms with Crippen molar-refractivity contribution in [2.24, 2.45) is 10.8 Å². The van der Waals surface area contributed by atoms with Crippen LogP contribution in [0.4, 0.5) is 0 Å². The van der Waals surface area contributed by atoms with Crippen molar-refractivity contribution in [3.8, 4) is 0 Å². The Morgan fingerprint density at radius 2 is 1.94 bits per heavy atom. The molecule has 0 aromatic rings. The molecule has 2 heteroatoms. The van der Waals surface area contributed by atoms with E-state index in [1.807, 2.05) is 0 Å². The van der Waals surface area contributed by atoms with Crippen molar-refractivity contribution in [3.05, 3.63) is 0 Å². The summed E-state index contributed by atoms with van der Waals surface area (Å²) in [6.45, 7) is 7.50. The smallest absolute Gasteiger partial charge is 0.144 e. The molecule has 0 aliphatic heterocycles. The van der Waals surface area contributed by atoms with Crippen LogP contribution in [0.25, 0.3) is 0 Å². The van der Waals surface area contributed by atoms with E-state index in [0.717, 1.165) is 25.9 Å². The molecule has 2 saturated carbocycles. The second-order valence-electron chi connectivity index (χ2n) is 6.66.